The number of amides is 2. The number of anilines is 1. The second-order valence-corrected chi connectivity index (χ2v) is 6.37. The van der Waals surface area contributed by atoms with Crippen molar-refractivity contribution in [2.45, 2.75) is 25.6 Å². The molecule has 4 nitrogen and oxygen atoms in total. The minimum Gasteiger partial charge on any atom is -0.352 e. The summed E-state index contributed by atoms with van der Waals surface area (Å²) >= 11 is 3.43. The van der Waals surface area contributed by atoms with Crippen molar-refractivity contribution in [2.24, 2.45) is 0 Å². The third kappa shape index (κ3) is 6.18. The molecule has 0 aromatic heterocycles. The van der Waals surface area contributed by atoms with Crippen molar-refractivity contribution in [3.05, 3.63) is 64.1 Å². The van der Waals surface area contributed by atoms with Crippen LogP contribution in [0.5, 0.6) is 0 Å². The van der Waals surface area contributed by atoms with E-state index < -0.39 is 12.1 Å². The van der Waals surface area contributed by atoms with Gasteiger partial charge in [0, 0.05) is 23.1 Å². The number of hydrogen-bond donors (Lipinski definition) is 2. The van der Waals surface area contributed by atoms with Gasteiger partial charge in [-0.1, -0.05) is 46.3 Å². The van der Waals surface area contributed by atoms with E-state index in [1.54, 1.807) is 17.4 Å². The van der Waals surface area contributed by atoms with Crippen molar-refractivity contribution in [1.29, 1.82) is 0 Å². The molecule has 0 bridgehead atoms. The molecule has 0 atom stereocenters. The fourth-order valence-corrected chi connectivity index (χ4v) is 2.63. The number of rotatable bonds is 6. The molecule has 2 aromatic carbocycles. The van der Waals surface area contributed by atoms with E-state index >= 15 is 0 Å². The molecule has 2 amide bonds. The van der Waals surface area contributed by atoms with E-state index in [0.717, 1.165) is 10.0 Å². The van der Waals surface area contributed by atoms with Crippen LogP contribution in [0.3, 0.4) is 0 Å². The van der Waals surface area contributed by atoms with Gasteiger partial charge in [0.25, 0.3) is 0 Å². The number of benzene rings is 2. The molecule has 2 rings (SSSR count). The van der Waals surface area contributed by atoms with Crippen LogP contribution in [0.25, 0.3) is 0 Å². The number of halogens is 4. The molecule has 8 heteroatoms. The Hall–Kier alpha value is -2.35. The SMILES string of the molecule is O=C(CCc1ccccc1Br)NCc1ccc(NC(=O)C(F)(F)F)cc1. The topological polar surface area (TPSA) is 58.2 Å². The maximum Gasteiger partial charge on any atom is 0.471 e. The first-order chi connectivity index (χ1) is 12.3. The molecule has 2 N–H and O–H groups in total. The summed E-state index contributed by atoms with van der Waals surface area (Å²) in [4.78, 5) is 22.8. The maximum atomic E-state index is 12.2. The van der Waals surface area contributed by atoms with Crippen LogP contribution in [0.1, 0.15) is 17.5 Å². The lowest BCUT2D eigenvalue weighted by Gasteiger charge is -2.09. The maximum absolute atomic E-state index is 12.2. The first kappa shape index (κ1) is 20.0. The second-order valence-electron chi connectivity index (χ2n) is 5.52. The van der Waals surface area contributed by atoms with Gasteiger partial charge in [-0.3, -0.25) is 9.59 Å². The van der Waals surface area contributed by atoms with E-state index in [1.165, 1.54) is 12.1 Å². The Morgan fingerprint density at radius 2 is 1.65 bits per heavy atom. The standard InChI is InChI=1S/C18H16BrF3N2O2/c19-15-4-2-1-3-13(15)7-10-16(25)23-11-12-5-8-14(9-6-12)24-17(26)18(20,21)22/h1-6,8-9H,7,10-11H2,(H,23,25)(H,24,26). The van der Waals surface area contributed by atoms with Crippen molar-refractivity contribution in [1.82, 2.24) is 5.32 Å². The summed E-state index contributed by atoms with van der Waals surface area (Å²) in [5, 5.41) is 4.51. The number of carbonyl (C=O) groups is 2. The Bertz CT molecular complexity index is 777. The zero-order valence-corrected chi connectivity index (χ0v) is 15.2. The van der Waals surface area contributed by atoms with Gasteiger partial charge < -0.3 is 10.6 Å². The van der Waals surface area contributed by atoms with Crippen LogP contribution in [0.2, 0.25) is 0 Å². The van der Waals surface area contributed by atoms with Crippen LogP contribution in [0.4, 0.5) is 18.9 Å². The van der Waals surface area contributed by atoms with Crippen molar-refractivity contribution in [3.63, 3.8) is 0 Å². The van der Waals surface area contributed by atoms with Gasteiger partial charge in [0.1, 0.15) is 0 Å². The summed E-state index contributed by atoms with van der Waals surface area (Å²) in [5.41, 5.74) is 1.79. The van der Waals surface area contributed by atoms with Crippen LogP contribution in [0.15, 0.2) is 53.0 Å². The van der Waals surface area contributed by atoms with E-state index in [0.29, 0.717) is 18.4 Å². The van der Waals surface area contributed by atoms with Crippen molar-refractivity contribution in [3.8, 4) is 0 Å². The zero-order chi connectivity index (χ0) is 19.2. The minimum absolute atomic E-state index is 0.0383. The second kappa shape index (κ2) is 8.84. The van der Waals surface area contributed by atoms with Gasteiger partial charge in [0.05, 0.1) is 0 Å². The Kier molecular flexibility index (Phi) is 6.79. The number of alkyl halides is 3. The van der Waals surface area contributed by atoms with Crippen LogP contribution in [-0.2, 0) is 22.6 Å². The van der Waals surface area contributed by atoms with Gasteiger partial charge in [-0.05, 0) is 35.7 Å². The largest absolute Gasteiger partial charge is 0.471 e. The first-order valence-electron chi connectivity index (χ1n) is 7.73. The van der Waals surface area contributed by atoms with E-state index in [2.05, 4.69) is 21.2 Å². The van der Waals surface area contributed by atoms with Crippen LogP contribution < -0.4 is 10.6 Å². The lowest BCUT2D eigenvalue weighted by molar-refractivity contribution is -0.167. The quantitative estimate of drug-likeness (QED) is 0.724. The molecule has 26 heavy (non-hydrogen) atoms. The number of carbonyl (C=O) groups excluding carboxylic acids is 2. The smallest absolute Gasteiger partial charge is 0.352 e. The third-order valence-corrected chi connectivity index (χ3v) is 4.31. The first-order valence-corrected chi connectivity index (χ1v) is 8.52. The molecule has 0 radical (unpaired) electrons. The van der Waals surface area contributed by atoms with E-state index in [4.69, 9.17) is 0 Å². The van der Waals surface area contributed by atoms with Crippen molar-refractivity contribution >= 4 is 33.4 Å². The van der Waals surface area contributed by atoms with Gasteiger partial charge in [0.15, 0.2) is 0 Å². The predicted molar refractivity (Wildman–Crippen MR) is 95.4 cm³/mol. The molecule has 138 valence electrons. The molecule has 0 aliphatic rings. The molecule has 0 saturated carbocycles. The Labute approximate surface area is 156 Å². The van der Waals surface area contributed by atoms with Crippen LogP contribution >= 0.6 is 15.9 Å². The Morgan fingerprint density at radius 1 is 1.00 bits per heavy atom. The Balaban J connectivity index is 1.79. The highest BCUT2D eigenvalue weighted by Gasteiger charge is 2.38. The fraction of sp³-hybridized carbons (Fsp3) is 0.222. The average Bonchev–Trinajstić information content (AvgIpc) is 2.59. The number of nitrogens with one attached hydrogen (secondary N) is 2. The highest BCUT2D eigenvalue weighted by molar-refractivity contribution is 9.10. The van der Waals surface area contributed by atoms with Crippen LogP contribution in [0, 0.1) is 0 Å². The summed E-state index contributed by atoms with van der Waals surface area (Å²) in [5.74, 6) is -2.15. The molecule has 0 fully saturated rings. The van der Waals surface area contributed by atoms with Gasteiger partial charge in [-0.25, -0.2) is 0 Å². The van der Waals surface area contributed by atoms with E-state index in [9.17, 15) is 22.8 Å². The van der Waals surface area contributed by atoms with Gasteiger partial charge in [-0.2, -0.15) is 13.2 Å². The highest BCUT2D eigenvalue weighted by atomic mass is 79.9. The van der Waals surface area contributed by atoms with E-state index in [-0.39, 0.29) is 18.1 Å². The average molecular weight is 429 g/mol. The lowest BCUT2D eigenvalue weighted by Crippen LogP contribution is -2.29. The van der Waals surface area contributed by atoms with Crippen LogP contribution in [-0.4, -0.2) is 18.0 Å². The molecule has 0 aliphatic heterocycles. The minimum atomic E-state index is -4.93. The van der Waals surface area contributed by atoms with Gasteiger partial charge >= 0.3 is 12.1 Å². The summed E-state index contributed by atoms with van der Waals surface area (Å²) in [7, 11) is 0. The normalized spacial score (nSPS) is 11.1. The molecule has 2 aromatic rings. The molecule has 0 unspecified atom stereocenters. The summed E-state index contributed by atoms with van der Waals surface area (Å²) in [6.07, 6.45) is -4.02. The fourth-order valence-electron chi connectivity index (χ4n) is 2.15. The third-order valence-electron chi connectivity index (χ3n) is 3.54. The van der Waals surface area contributed by atoms with E-state index in [1.807, 2.05) is 24.3 Å². The molecule has 0 aliphatic carbocycles. The summed E-state index contributed by atoms with van der Waals surface area (Å²) in [6, 6.07) is 13.4. The summed E-state index contributed by atoms with van der Waals surface area (Å²) in [6.45, 7) is 0.252. The monoisotopic (exact) mass is 428 g/mol. The molecular formula is C18H16BrF3N2O2. The van der Waals surface area contributed by atoms with Crippen molar-refractivity contribution < 1.29 is 22.8 Å². The highest BCUT2D eigenvalue weighted by Crippen LogP contribution is 2.19. The Morgan fingerprint density at radius 3 is 2.27 bits per heavy atom. The lowest BCUT2D eigenvalue weighted by atomic mass is 10.1. The van der Waals surface area contributed by atoms with Gasteiger partial charge in [-0.15, -0.1) is 0 Å². The predicted octanol–water partition coefficient (Wildman–Crippen LogP) is 4.20. The number of hydrogen-bond acceptors (Lipinski definition) is 2. The zero-order valence-electron chi connectivity index (χ0n) is 13.6. The van der Waals surface area contributed by atoms with Crippen molar-refractivity contribution in [2.75, 3.05) is 5.32 Å². The summed E-state index contributed by atoms with van der Waals surface area (Å²) < 4.78 is 37.5. The van der Waals surface area contributed by atoms with Gasteiger partial charge in [0.2, 0.25) is 5.91 Å². The molecule has 0 spiro atoms. The molecular weight excluding hydrogens is 413 g/mol. The molecule has 0 saturated heterocycles. The molecule has 0 heterocycles. The number of aryl methyl sites for hydroxylation is 1.